The van der Waals surface area contributed by atoms with Crippen LogP contribution < -0.4 is 5.32 Å². The molecule has 2 heterocycles. The van der Waals surface area contributed by atoms with Crippen molar-refractivity contribution >= 4 is 29.4 Å². The van der Waals surface area contributed by atoms with Crippen LogP contribution in [0.25, 0.3) is 0 Å². The van der Waals surface area contributed by atoms with Crippen LogP contribution in [0.4, 0.5) is 4.79 Å². The number of aryl methyl sites for hydroxylation is 2. The molecular formula is C27H32ClN3O4. The Balaban J connectivity index is 1.56. The summed E-state index contributed by atoms with van der Waals surface area (Å²) in [4.78, 5) is 42.8. The molecule has 4 amide bonds. The van der Waals surface area contributed by atoms with Gasteiger partial charge in [0.15, 0.2) is 0 Å². The van der Waals surface area contributed by atoms with E-state index in [1.165, 1.54) is 12.0 Å². The van der Waals surface area contributed by atoms with Crippen molar-refractivity contribution in [1.82, 2.24) is 15.1 Å². The smallest absolute Gasteiger partial charge is 0.325 e. The van der Waals surface area contributed by atoms with Gasteiger partial charge in [0.2, 0.25) is 0 Å². The van der Waals surface area contributed by atoms with E-state index < -0.39 is 11.6 Å². The third-order valence-corrected chi connectivity index (χ3v) is 7.75. The number of halogens is 1. The Labute approximate surface area is 211 Å². The van der Waals surface area contributed by atoms with Crippen LogP contribution in [0.3, 0.4) is 0 Å². The maximum absolute atomic E-state index is 13.7. The molecule has 2 fully saturated rings. The Morgan fingerprint density at radius 3 is 2.49 bits per heavy atom. The van der Waals surface area contributed by atoms with Gasteiger partial charge in [0.05, 0.1) is 13.2 Å². The van der Waals surface area contributed by atoms with Crippen molar-refractivity contribution in [3.63, 3.8) is 0 Å². The minimum atomic E-state index is -1.11. The molecule has 0 aromatic heterocycles. The van der Waals surface area contributed by atoms with Gasteiger partial charge in [-0.3, -0.25) is 14.5 Å². The molecule has 35 heavy (non-hydrogen) atoms. The number of nitrogens with one attached hydrogen (secondary N) is 1. The second-order valence-electron chi connectivity index (χ2n) is 9.48. The molecule has 0 spiro atoms. The van der Waals surface area contributed by atoms with E-state index in [1.54, 1.807) is 6.07 Å². The van der Waals surface area contributed by atoms with Crippen LogP contribution in [0.15, 0.2) is 42.5 Å². The zero-order valence-corrected chi connectivity index (χ0v) is 21.2. The van der Waals surface area contributed by atoms with Crippen LogP contribution in [0.5, 0.6) is 0 Å². The highest BCUT2D eigenvalue weighted by molar-refractivity contribution is 6.31. The van der Waals surface area contributed by atoms with E-state index in [4.69, 9.17) is 16.3 Å². The number of carbonyl (C=O) groups excluding carboxylic acids is 3. The summed E-state index contributed by atoms with van der Waals surface area (Å²) in [6.07, 6.45) is 1.51. The fraction of sp³-hybridized carbons (Fsp3) is 0.444. The molecule has 2 aliphatic heterocycles. The van der Waals surface area contributed by atoms with Crippen molar-refractivity contribution in [2.45, 2.75) is 38.6 Å². The van der Waals surface area contributed by atoms with Crippen molar-refractivity contribution in [3.8, 4) is 0 Å². The molecule has 2 aromatic carbocycles. The number of rotatable bonds is 7. The molecule has 0 aliphatic carbocycles. The van der Waals surface area contributed by atoms with E-state index in [2.05, 4.69) is 5.32 Å². The van der Waals surface area contributed by atoms with Crippen molar-refractivity contribution in [3.05, 3.63) is 69.7 Å². The average Bonchev–Trinajstić information content (AvgIpc) is 3.10. The summed E-state index contributed by atoms with van der Waals surface area (Å²) in [6.45, 7) is 5.51. The first-order chi connectivity index (χ1) is 16.8. The Bertz CT molecular complexity index is 1130. The van der Waals surface area contributed by atoms with Gasteiger partial charge in [0.1, 0.15) is 5.54 Å². The van der Waals surface area contributed by atoms with Crippen LogP contribution in [-0.4, -0.2) is 66.5 Å². The number of piperidine rings is 1. The minimum absolute atomic E-state index is 0.00444. The van der Waals surface area contributed by atoms with E-state index in [1.807, 2.05) is 55.1 Å². The number of methoxy groups -OCH3 is 1. The van der Waals surface area contributed by atoms with E-state index in [-0.39, 0.29) is 30.9 Å². The highest BCUT2D eigenvalue weighted by atomic mass is 35.5. The topological polar surface area (TPSA) is 79.0 Å². The molecule has 0 radical (unpaired) electrons. The van der Waals surface area contributed by atoms with Crippen LogP contribution in [0, 0.1) is 19.8 Å². The monoisotopic (exact) mass is 497 g/mol. The molecule has 1 N–H and O–H groups in total. The van der Waals surface area contributed by atoms with Gasteiger partial charge >= 0.3 is 6.03 Å². The summed E-state index contributed by atoms with van der Waals surface area (Å²) in [5.41, 5.74) is 2.61. The van der Waals surface area contributed by atoms with Crippen LogP contribution in [-0.2, 0) is 16.0 Å². The number of ether oxygens (including phenoxy) is 1. The summed E-state index contributed by atoms with van der Waals surface area (Å²) in [5, 5.41) is 3.59. The molecule has 0 bridgehead atoms. The number of nitrogens with zero attached hydrogens (tertiary/aromatic N) is 2. The second-order valence-corrected chi connectivity index (χ2v) is 9.89. The highest BCUT2D eigenvalue weighted by Gasteiger charge is 2.56. The van der Waals surface area contributed by atoms with Crippen molar-refractivity contribution < 1.29 is 19.1 Å². The van der Waals surface area contributed by atoms with Gasteiger partial charge in [-0.1, -0.05) is 35.9 Å². The summed E-state index contributed by atoms with van der Waals surface area (Å²) < 4.78 is 5.11. The lowest BCUT2D eigenvalue weighted by Gasteiger charge is -2.41. The minimum Gasteiger partial charge on any atom is -0.383 e. The largest absolute Gasteiger partial charge is 0.383 e. The number of benzene rings is 2. The number of urea groups is 1. The third kappa shape index (κ3) is 4.93. The van der Waals surface area contributed by atoms with E-state index in [0.29, 0.717) is 42.9 Å². The molecule has 2 aliphatic rings. The maximum Gasteiger partial charge on any atom is 0.325 e. The number of hydrogen-bond donors (Lipinski definition) is 1. The van der Waals surface area contributed by atoms with Gasteiger partial charge in [-0.2, -0.15) is 0 Å². The molecule has 2 aromatic rings. The lowest BCUT2D eigenvalue weighted by Crippen LogP contribution is -2.58. The van der Waals surface area contributed by atoms with E-state index in [0.717, 1.165) is 16.7 Å². The SMILES string of the molecule is COCCN1C(=O)N[C@](Cc2ccccc2Cl)(C2CCN(C(=O)c3ccc(C)c(C)c3)CC2)C1=O. The third-order valence-electron chi connectivity index (χ3n) is 7.38. The average molecular weight is 498 g/mol. The summed E-state index contributed by atoms with van der Waals surface area (Å²) in [5.74, 6) is -0.389. The molecule has 0 unspecified atom stereocenters. The van der Waals surface area contributed by atoms with Crippen molar-refractivity contribution in [2.24, 2.45) is 5.92 Å². The summed E-state index contributed by atoms with van der Waals surface area (Å²) >= 11 is 6.45. The fourth-order valence-electron chi connectivity index (χ4n) is 5.15. The lowest BCUT2D eigenvalue weighted by molar-refractivity contribution is -0.134. The maximum atomic E-state index is 13.7. The first kappa shape index (κ1) is 25.2. The molecule has 2 saturated heterocycles. The lowest BCUT2D eigenvalue weighted by atomic mass is 9.73. The van der Waals surface area contributed by atoms with Crippen LogP contribution >= 0.6 is 11.6 Å². The molecule has 1 atom stereocenters. The quantitative estimate of drug-likeness (QED) is 0.587. The van der Waals surface area contributed by atoms with Gasteiger partial charge in [-0.25, -0.2) is 4.79 Å². The predicted molar refractivity (Wildman–Crippen MR) is 135 cm³/mol. The number of amides is 4. The number of likely N-dealkylation sites (tertiary alicyclic amines) is 1. The van der Waals surface area contributed by atoms with Gasteiger partial charge in [0.25, 0.3) is 11.8 Å². The van der Waals surface area contributed by atoms with Gasteiger partial charge in [-0.15, -0.1) is 0 Å². The molecule has 4 rings (SSSR count). The normalized spacial score (nSPS) is 20.9. The Morgan fingerprint density at radius 1 is 1.11 bits per heavy atom. The standard InChI is InChI=1S/C27H32ClN3O4/c1-18-8-9-20(16-19(18)2)24(32)30-12-10-22(11-13-30)27(17-21-6-4-5-7-23(21)28)25(33)31(14-15-35-3)26(34)29-27/h4-9,16,22H,10-15,17H2,1-3H3,(H,29,34)/t27-/m1/s1. The number of imide groups is 1. The van der Waals surface area contributed by atoms with Gasteiger partial charge in [-0.05, 0) is 67.5 Å². The zero-order chi connectivity index (χ0) is 25.2. The Hall–Kier alpha value is -2.90. The van der Waals surface area contributed by atoms with Gasteiger partial charge < -0.3 is 15.0 Å². The van der Waals surface area contributed by atoms with Crippen LogP contribution in [0.2, 0.25) is 5.02 Å². The van der Waals surface area contributed by atoms with Gasteiger partial charge in [0, 0.05) is 37.2 Å². The zero-order valence-electron chi connectivity index (χ0n) is 20.5. The first-order valence-electron chi connectivity index (χ1n) is 12.0. The Morgan fingerprint density at radius 2 is 1.83 bits per heavy atom. The Kier molecular flexibility index (Phi) is 7.47. The molecule has 7 nitrogen and oxygen atoms in total. The highest BCUT2D eigenvalue weighted by Crippen LogP contribution is 2.38. The fourth-order valence-corrected chi connectivity index (χ4v) is 5.35. The summed E-state index contributed by atoms with van der Waals surface area (Å²) in [7, 11) is 1.54. The molecule has 186 valence electrons. The van der Waals surface area contributed by atoms with E-state index >= 15 is 0 Å². The van der Waals surface area contributed by atoms with Crippen molar-refractivity contribution in [1.29, 1.82) is 0 Å². The number of carbonyl (C=O) groups is 3. The molecule has 8 heteroatoms. The van der Waals surface area contributed by atoms with E-state index in [9.17, 15) is 14.4 Å². The number of hydrogen-bond acceptors (Lipinski definition) is 4. The predicted octanol–water partition coefficient (Wildman–Crippen LogP) is 3.99. The first-order valence-corrected chi connectivity index (χ1v) is 12.4. The van der Waals surface area contributed by atoms with Crippen molar-refractivity contribution in [2.75, 3.05) is 33.4 Å². The molecular weight excluding hydrogens is 466 g/mol. The molecule has 0 saturated carbocycles. The summed E-state index contributed by atoms with van der Waals surface area (Å²) in [6, 6.07) is 12.8. The van der Waals surface area contributed by atoms with Crippen LogP contribution in [0.1, 0.15) is 39.9 Å². The second kappa shape index (κ2) is 10.4.